The molecule has 1 heteroatoms. The zero-order valence-electron chi connectivity index (χ0n) is 33.3. The molecule has 0 fully saturated rings. The third-order valence-electron chi connectivity index (χ3n) is 13.0. The van der Waals surface area contributed by atoms with Crippen molar-refractivity contribution in [2.75, 3.05) is 4.90 Å². The smallest absolute Gasteiger partial charge is 0.0540 e. The van der Waals surface area contributed by atoms with E-state index in [0.29, 0.717) is 0 Å². The Bertz CT molecular complexity index is 2550. The van der Waals surface area contributed by atoms with Gasteiger partial charge in [-0.1, -0.05) is 154 Å². The van der Waals surface area contributed by atoms with E-state index in [1.165, 1.54) is 94.3 Å². The molecule has 0 atom stereocenters. The fourth-order valence-corrected chi connectivity index (χ4v) is 9.75. The van der Waals surface area contributed by atoms with Crippen molar-refractivity contribution in [1.29, 1.82) is 0 Å². The molecule has 0 amide bonds. The standard InChI is InChI=1S/C52H53N/c1-49(2,3)33-20-24-35(25-21-33)53(36-26-22-34(23-27-36)50(4,5)6)46-31-45-48(39-18-14-13-17-38(39)46)41-30-43-40(29-44(41)52(45,9)10)47-37-16-12-11-15-32(37)19-28-42(47)51(43,7)8/h11-22,24-26,28-31H,23,27H2,1-10H3. The van der Waals surface area contributed by atoms with Crippen LogP contribution < -0.4 is 4.90 Å². The van der Waals surface area contributed by atoms with Crippen LogP contribution in [0.1, 0.15) is 110 Å². The molecular weight excluding hydrogens is 639 g/mol. The lowest BCUT2D eigenvalue weighted by Gasteiger charge is -2.34. The fraction of sp³-hybridized carbons (Fsp3) is 0.308. The van der Waals surface area contributed by atoms with Crippen LogP contribution in [0.5, 0.6) is 0 Å². The SMILES string of the molecule is CC(C)(C)C1=CC=C(N(c2ccc(C(C)(C)C)cc2)c2cc3c(c4ccccc24)-c2cc4c(cc2C3(C)C)-c2c(ccc3ccccc23)C4(C)C)CC1. The Kier molecular flexibility index (Phi) is 7.24. The number of anilines is 2. The van der Waals surface area contributed by atoms with Crippen LogP contribution in [0.15, 0.2) is 127 Å². The van der Waals surface area contributed by atoms with Crippen molar-refractivity contribution in [3.8, 4) is 22.3 Å². The summed E-state index contributed by atoms with van der Waals surface area (Å²) in [6.07, 6.45) is 6.88. The first-order chi connectivity index (χ1) is 25.1. The van der Waals surface area contributed by atoms with Crippen molar-refractivity contribution in [2.45, 2.75) is 98.3 Å². The van der Waals surface area contributed by atoms with Crippen molar-refractivity contribution < 1.29 is 0 Å². The molecule has 3 aliphatic rings. The summed E-state index contributed by atoms with van der Waals surface area (Å²) >= 11 is 0. The lowest BCUT2D eigenvalue weighted by Crippen LogP contribution is -2.22. The molecule has 0 saturated heterocycles. The summed E-state index contributed by atoms with van der Waals surface area (Å²) in [6.45, 7) is 23.7. The van der Waals surface area contributed by atoms with Gasteiger partial charge in [0.25, 0.3) is 0 Å². The van der Waals surface area contributed by atoms with Crippen LogP contribution in [0.3, 0.4) is 0 Å². The second kappa shape index (κ2) is 11.3. The van der Waals surface area contributed by atoms with Gasteiger partial charge in [-0.15, -0.1) is 0 Å². The fourth-order valence-electron chi connectivity index (χ4n) is 9.75. The van der Waals surface area contributed by atoms with E-state index >= 15 is 0 Å². The van der Waals surface area contributed by atoms with Crippen LogP contribution in [-0.4, -0.2) is 0 Å². The summed E-state index contributed by atoms with van der Waals surface area (Å²) in [5.74, 6) is 0. The largest absolute Gasteiger partial charge is 0.314 e. The molecule has 0 unspecified atom stereocenters. The van der Waals surface area contributed by atoms with Crippen LogP contribution in [0.25, 0.3) is 43.8 Å². The zero-order valence-corrected chi connectivity index (χ0v) is 33.3. The summed E-state index contributed by atoms with van der Waals surface area (Å²) in [5, 5.41) is 5.31. The average molecular weight is 692 g/mol. The van der Waals surface area contributed by atoms with Crippen molar-refractivity contribution >= 4 is 32.9 Å². The molecule has 0 aromatic heterocycles. The van der Waals surface area contributed by atoms with Gasteiger partial charge in [-0.2, -0.15) is 0 Å². The lowest BCUT2D eigenvalue weighted by atomic mass is 9.79. The van der Waals surface area contributed by atoms with Gasteiger partial charge in [0, 0.05) is 27.6 Å². The first kappa shape index (κ1) is 33.9. The Labute approximate surface area is 317 Å². The molecule has 0 N–H and O–H groups in total. The maximum Gasteiger partial charge on any atom is 0.0540 e. The van der Waals surface area contributed by atoms with E-state index in [0.717, 1.165) is 12.8 Å². The number of benzene rings is 6. The van der Waals surface area contributed by atoms with Crippen LogP contribution in [0.2, 0.25) is 0 Å². The monoisotopic (exact) mass is 691 g/mol. The minimum atomic E-state index is -0.183. The van der Waals surface area contributed by atoms with Gasteiger partial charge in [0.15, 0.2) is 0 Å². The molecule has 3 aliphatic carbocycles. The summed E-state index contributed by atoms with van der Waals surface area (Å²) in [5.41, 5.74) is 18.0. The van der Waals surface area contributed by atoms with Crippen molar-refractivity contribution in [2.24, 2.45) is 5.41 Å². The summed E-state index contributed by atoms with van der Waals surface area (Å²) in [7, 11) is 0. The minimum Gasteiger partial charge on any atom is -0.314 e. The predicted molar refractivity (Wildman–Crippen MR) is 229 cm³/mol. The minimum absolute atomic E-state index is 0.0880. The second-order valence-electron chi connectivity index (χ2n) is 19.0. The van der Waals surface area contributed by atoms with Gasteiger partial charge in [-0.05, 0) is 126 Å². The number of nitrogens with zero attached hydrogens (tertiary/aromatic N) is 1. The van der Waals surface area contributed by atoms with Crippen molar-refractivity contribution in [1.82, 2.24) is 0 Å². The van der Waals surface area contributed by atoms with E-state index in [1.807, 2.05) is 0 Å². The quantitative estimate of drug-likeness (QED) is 0.179. The van der Waals surface area contributed by atoms with Crippen LogP contribution in [-0.2, 0) is 16.2 Å². The molecule has 1 nitrogen and oxygen atoms in total. The molecule has 0 heterocycles. The maximum absolute atomic E-state index is 2.58. The highest BCUT2D eigenvalue weighted by atomic mass is 15.2. The zero-order chi connectivity index (χ0) is 37.2. The van der Waals surface area contributed by atoms with Gasteiger partial charge < -0.3 is 4.90 Å². The van der Waals surface area contributed by atoms with E-state index in [9.17, 15) is 0 Å². The molecule has 0 spiro atoms. The second-order valence-corrected chi connectivity index (χ2v) is 19.0. The van der Waals surface area contributed by atoms with Gasteiger partial charge in [0.1, 0.15) is 0 Å². The molecule has 0 bridgehead atoms. The van der Waals surface area contributed by atoms with Gasteiger partial charge in [0.2, 0.25) is 0 Å². The van der Waals surface area contributed by atoms with Crippen LogP contribution in [0, 0.1) is 5.41 Å². The van der Waals surface area contributed by atoms with Crippen molar-refractivity contribution in [3.63, 3.8) is 0 Å². The third-order valence-corrected chi connectivity index (χ3v) is 13.0. The number of allylic oxidation sites excluding steroid dienone is 4. The molecule has 0 aliphatic heterocycles. The normalized spacial score (nSPS) is 16.9. The highest BCUT2D eigenvalue weighted by Gasteiger charge is 2.43. The molecule has 0 radical (unpaired) electrons. The molecule has 9 rings (SSSR count). The number of fused-ring (bicyclic) bond motifs is 10. The van der Waals surface area contributed by atoms with Crippen LogP contribution >= 0.6 is 0 Å². The molecular formula is C52H53N. The number of hydrogen-bond acceptors (Lipinski definition) is 1. The summed E-state index contributed by atoms with van der Waals surface area (Å²) < 4.78 is 0. The van der Waals surface area contributed by atoms with Gasteiger partial charge in [-0.3, -0.25) is 0 Å². The molecule has 53 heavy (non-hydrogen) atoms. The third kappa shape index (κ3) is 5.03. The number of hydrogen-bond donors (Lipinski definition) is 0. The Morgan fingerprint density at radius 3 is 1.70 bits per heavy atom. The van der Waals surface area contributed by atoms with Gasteiger partial charge in [0.05, 0.1) is 5.69 Å². The maximum atomic E-state index is 2.58. The Morgan fingerprint density at radius 2 is 1.09 bits per heavy atom. The highest BCUT2D eigenvalue weighted by molar-refractivity contribution is 6.11. The van der Waals surface area contributed by atoms with E-state index in [4.69, 9.17) is 0 Å². The summed E-state index contributed by atoms with van der Waals surface area (Å²) in [6, 6.07) is 39.9. The Hall–Kier alpha value is -4.88. The topological polar surface area (TPSA) is 3.24 Å². The molecule has 6 aromatic carbocycles. The molecule has 266 valence electrons. The first-order valence-electron chi connectivity index (χ1n) is 19.7. The highest BCUT2D eigenvalue weighted by Crippen LogP contribution is 2.59. The Morgan fingerprint density at radius 1 is 0.509 bits per heavy atom. The van der Waals surface area contributed by atoms with Gasteiger partial charge >= 0.3 is 0 Å². The predicted octanol–water partition coefficient (Wildman–Crippen LogP) is 14.7. The molecule has 6 aromatic rings. The average Bonchev–Trinajstić information content (AvgIpc) is 3.49. The lowest BCUT2D eigenvalue weighted by molar-refractivity contribution is 0.479. The summed E-state index contributed by atoms with van der Waals surface area (Å²) in [4.78, 5) is 2.58. The van der Waals surface area contributed by atoms with Crippen LogP contribution in [0.4, 0.5) is 11.4 Å². The van der Waals surface area contributed by atoms with E-state index in [2.05, 4.69) is 189 Å². The first-order valence-corrected chi connectivity index (χ1v) is 19.7. The van der Waals surface area contributed by atoms with E-state index < -0.39 is 0 Å². The van der Waals surface area contributed by atoms with Crippen molar-refractivity contribution in [3.05, 3.63) is 154 Å². The molecule has 0 saturated carbocycles. The van der Waals surface area contributed by atoms with E-state index in [1.54, 1.807) is 0 Å². The number of rotatable bonds is 3. The van der Waals surface area contributed by atoms with Gasteiger partial charge in [-0.25, -0.2) is 0 Å². The Balaban J connectivity index is 1.28. The van der Waals surface area contributed by atoms with E-state index in [-0.39, 0.29) is 21.7 Å².